The molecule has 0 unspecified atom stereocenters. The fourth-order valence-corrected chi connectivity index (χ4v) is 9.60. The van der Waals surface area contributed by atoms with Crippen LogP contribution in [-0.4, -0.2) is 19.5 Å². The Kier molecular flexibility index (Phi) is 7.03. The van der Waals surface area contributed by atoms with Crippen molar-refractivity contribution in [2.24, 2.45) is 0 Å². The van der Waals surface area contributed by atoms with Gasteiger partial charge in [0.15, 0.2) is 17.5 Å². The first-order chi connectivity index (χ1) is 28.2. The molecule has 0 spiro atoms. The predicted octanol–water partition coefficient (Wildman–Crippen LogP) is 13.9. The first-order valence-electron chi connectivity index (χ1n) is 19.0. The quantitative estimate of drug-likeness (QED) is 0.176. The SMILES string of the molecule is c1ccc(-c2nc(-c3ccccc3)nc(-c3cc(-c4ccc(-n5c6ccccc6c6c7oc8ccccc8c7ccc65)cc4)cc4c3sc3ccccc34)n2)cc1. The fourth-order valence-electron chi connectivity index (χ4n) is 8.40. The van der Waals surface area contributed by atoms with Gasteiger partial charge in [-0.05, 0) is 65.7 Å². The summed E-state index contributed by atoms with van der Waals surface area (Å²) in [5.41, 5.74) is 10.3. The molecule has 0 saturated heterocycles. The van der Waals surface area contributed by atoms with Crippen LogP contribution in [0.1, 0.15) is 0 Å². The predicted molar refractivity (Wildman–Crippen MR) is 236 cm³/mol. The molecule has 266 valence electrons. The molecule has 4 heterocycles. The molecule has 12 aromatic rings. The number of fused-ring (bicyclic) bond motifs is 10. The van der Waals surface area contributed by atoms with Crippen molar-refractivity contribution in [3.8, 4) is 51.0 Å². The van der Waals surface area contributed by atoms with Gasteiger partial charge < -0.3 is 8.98 Å². The van der Waals surface area contributed by atoms with E-state index in [1.165, 1.54) is 20.9 Å². The molecule has 0 amide bonds. The zero-order valence-corrected chi connectivity index (χ0v) is 31.2. The Labute approximate surface area is 330 Å². The number of aromatic nitrogens is 4. The van der Waals surface area contributed by atoms with Gasteiger partial charge in [-0.25, -0.2) is 15.0 Å². The summed E-state index contributed by atoms with van der Waals surface area (Å²) >= 11 is 1.78. The molecule has 6 heteroatoms. The summed E-state index contributed by atoms with van der Waals surface area (Å²) in [6.45, 7) is 0. The van der Waals surface area contributed by atoms with Crippen LogP contribution >= 0.6 is 11.3 Å². The van der Waals surface area contributed by atoms with Crippen LogP contribution in [0.5, 0.6) is 0 Å². The average molecular weight is 747 g/mol. The van der Waals surface area contributed by atoms with Gasteiger partial charge in [-0.1, -0.05) is 127 Å². The molecule has 0 N–H and O–H groups in total. The molecule has 0 aliphatic heterocycles. The van der Waals surface area contributed by atoms with Crippen molar-refractivity contribution < 1.29 is 4.42 Å². The topological polar surface area (TPSA) is 56.7 Å². The van der Waals surface area contributed by atoms with E-state index in [4.69, 9.17) is 19.4 Å². The highest BCUT2D eigenvalue weighted by atomic mass is 32.1. The van der Waals surface area contributed by atoms with E-state index in [1.54, 1.807) is 11.3 Å². The molecular weight excluding hydrogens is 717 g/mol. The van der Waals surface area contributed by atoms with Crippen molar-refractivity contribution in [2.75, 3.05) is 0 Å². The molecule has 0 bridgehead atoms. The number of benzene rings is 8. The molecule has 0 atom stereocenters. The molecular formula is C51H30N4OS. The second-order valence-electron chi connectivity index (χ2n) is 14.4. The van der Waals surface area contributed by atoms with E-state index >= 15 is 0 Å². The van der Waals surface area contributed by atoms with Gasteiger partial charge in [0.25, 0.3) is 0 Å². The van der Waals surface area contributed by atoms with Crippen LogP contribution in [0.15, 0.2) is 186 Å². The number of hydrogen-bond donors (Lipinski definition) is 0. The molecule has 0 aliphatic rings. The van der Waals surface area contributed by atoms with Crippen LogP contribution in [0.2, 0.25) is 0 Å². The molecule has 5 nitrogen and oxygen atoms in total. The highest BCUT2D eigenvalue weighted by molar-refractivity contribution is 7.26. The van der Waals surface area contributed by atoms with Gasteiger partial charge in [-0.15, -0.1) is 11.3 Å². The van der Waals surface area contributed by atoms with Gasteiger partial charge in [-0.3, -0.25) is 0 Å². The monoisotopic (exact) mass is 746 g/mol. The Morgan fingerprint density at radius 1 is 0.421 bits per heavy atom. The van der Waals surface area contributed by atoms with E-state index in [-0.39, 0.29) is 0 Å². The number of hydrogen-bond acceptors (Lipinski definition) is 5. The maximum Gasteiger partial charge on any atom is 0.165 e. The van der Waals surface area contributed by atoms with E-state index in [0.717, 1.165) is 76.6 Å². The minimum absolute atomic E-state index is 0.648. The Bertz CT molecular complexity index is 3450. The number of nitrogens with zero attached hydrogens (tertiary/aromatic N) is 4. The number of furan rings is 1. The second kappa shape index (κ2) is 12.6. The molecule has 0 fully saturated rings. The lowest BCUT2D eigenvalue weighted by atomic mass is 9.98. The summed E-state index contributed by atoms with van der Waals surface area (Å²) in [6, 6.07) is 63.8. The van der Waals surface area contributed by atoms with Crippen molar-refractivity contribution >= 4 is 75.3 Å². The highest BCUT2D eigenvalue weighted by Crippen LogP contribution is 2.44. The summed E-state index contributed by atoms with van der Waals surface area (Å²) in [5, 5.41) is 6.98. The Hall–Kier alpha value is -7.41. The van der Waals surface area contributed by atoms with Gasteiger partial charge in [0, 0.05) is 58.7 Å². The zero-order valence-electron chi connectivity index (χ0n) is 30.4. The average Bonchev–Trinajstić information content (AvgIpc) is 3.96. The highest BCUT2D eigenvalue weighted by Gasteiger charge is 2.21. The zero-order chi connectivity index (χ0) is 37.5. The van der Waals surface area contributed by atoms with Crippen LogP contribution in [0.25, 0.3) is 115 Å². The summed E-state index contributed by atoms with van der Waals surface area (Å²) in [5.74, 6) is 1.95. The maximum absolute atomic E-state index is 6.54. The fraction of sp³-hybridized carbons (Fsp3) is 0. The summed E-state index contributed by atoms with van der Waals surface area (Å²) in [4.78, 5) is 15.3. The van der Waals surface area contributed by atoms with Gasteiger partial charge in [0.1, 0.15) is 11.2 Å². The molecule has 0 aliphatic carbocycles. The molecule has 4 aromatic heterocycles. The van der Waals surface area contributed by atoms with Crippen LogP contribution in [-0.2, 0) is 0 Å². The van der Waals surface area contributed by atoms with Crippen molar-refractivity contribution in [3.05, 3.63) is 182 Å². The number of para-hydroxylation sites is 2. The summed E-state index contributed by atoms with van der Waals surface area (Å²) in [6.07, 6.45) is 0. The minimum Gasteiger partial charge on any atom is -0.455 e. The van der Waals surface area contributed by atoms with Crippen molar-refractivity contribution in [2.45, 2.75) is 0 Å². The van der Waals surface area contributed by atoms with Gasteiger partial charge in [0.2, 0.25) is 0 Å². The second-order valence-corrected chi connectivity index (χ2v) is 15.4. The molecule has 8 aromatic carbocycles. The maximum atomic E-state index is 6.54. The normalized spacial score (nSPS) is 11.9. The van der Waals surface area contributed by atoms with Gasteiger partial charge in [0.05, 0.1) is 16.4 Å². The van der Waals surface area contributed by atoms with Crippen molar-refractivity contribution in [3.63, 3.8) is 0 Å². The molecule has 0 saturated carbocycles. The minimum atomic E-state index is 0.648. The Balaban J connectivity index is 1.05. The summed E-state index contributed by atoms with van der Waals surface area (Å²) < 4.78 is 11.3. The lowest BCUT2D eigenvalue weighted by molar-refractivity contribution is 0.673. The van der Waals surface area contributed by atoms with Crippen LogP contribution < -0.4 is 0 Å². The van der Waals surface area contributed by atoms with Crippen LogP contribution in [0, 0.1) is 0 Å². The third-order valence-corrected chi connectivity index (χ3v) is 12.3. The lowest BCUT2D eigenvalue weighted by Crippen LogP contribution is -2.00. The van der Waals surface area contributed by atoms with E-state index in [9.17, 15) is 0 Å². The van der Waals surface area contributed by atoms with Crippen molar-refractivity contribution in [1.29, 1.82) is 0 Å². The molecule has 57 heavy (non-hydrogen) atoms. The molecule has 0 radical (unpaired) electrons. The van der Waals surface area contributed by atoms with Crippen LogP contribution in [0.4, 0.5) is 0 Å². The molecule has 12 rings (SSSR count). The van der Waals surface area contributed by atoms with Gasteiger partial charge in [-0.2, -0.15) is 0 Å². The summed E-state index contributed by atoms with van der Waals surface area (Å²) in [7, 11) is 0. The largest absolute Gasteiger partial charge is 0.455 e. The number of thiophene rings is 1. The smallest absolute Gasteiger partial charge is 0.165 e. The number of rotatable bonds is 5. The lowest BCUT2D eigenvalue weighted by Gasteiger charge is -2.12. The van der Waals surface area contributed by atoms with E-state index in [1.807, 2.05) is 48.5 Å². The first kappa shape index (κ1) is 31.9. The third-order valence-electron chi connectivity index (χ3n) is 11.1. The van der Waals surface area contributed by atoms with Crippen LogP contribution in [0.3, 0.4) is 0 Å². The first-order valence-corrected chi connectivity index (χ1v) is 19.8. The Morgan fingerprint density at radius 3 is 1.81 bits per heavy atom. The Morgan fingerprint density at radius 2 is 1.05 bits per heavy atom. The van der Waals surface area contributed by atoms with E-state index in [2.05, 4.69) is 138 Å². The standard InChI is InChI=1S/C51H30N4OS/c1-3-13-32(14-4-1)49-52-50(33-15-5-2-6-16-33)54-51(53-49)41-30-34(29-40-37-18-9-12-22-45(37)57-48(40)41)31-23-25-35(26-24-31)55-42-20-10-7-19-39(42)46-43(55)28-27-38-36-17-8-11-21-44(36)56-47(38)46/h1-30H. The van der Waals surface area contributed by atoms with E-state index < -0.39 is 0 Å². The third kappa shape index (κ3) is 5.04. The van der Waals surface area contributed by atoms with Crippen molar-refractivity contribution in [1.82, 2.24) is 19.5 Å². The van der Waals surface area contributed by atoms with Gasteiger partial charge >= 0.3 is 0 Å². The van der Waals surface area contributed by atoms with E-state index in [0.29, 0.717) is 17.5 Å².